The molecule has 0 heterocycles. The molecule has 6 heteroatoms. The van der Waals surface area contributed by atoms with Gasteiger partial charge in [-0.25, -0.2) is 4.79 Å². The molecule has 12 heavy (non-hydrogen) atoms. The molecule has 0 bridgehead atoms. The summed E-state index contributed by atoms with van der Waals surface area (Å²) < 4.78 is 4.53. The van der Waals surface area contributed by atoms with Crippen molar-refractivity contribution in [2.24, 2.45) is 0 Å². The SMILES string of the molecule is CCOC(=O)C(C)(Cl)C[N+](=O)[O-]. The number of hydrogen-bond acceptors (Lipinski definition) is 4. The smallest absolute Gasteiger partial charge is 0.333 e. The molecule has 0 spiro atoms. The molecule has 0 aromatic rings. The van der Waals surface area contributed by atoms with Gasteiger partial charge in [-0.2, -0.15) is 0 Å². The molecule has 0 aliphatic heterocycles. The van der Waals surface area contributed by atoms with Gasteiger partial charge in [0.25, 0.3) is 0 Å². The molecule has 0 N–H and O–H groups in total. The second-order valence-corrected chi connectivity index (χ2v) is 3.24. The van der Waals surface area contributed by atoms with Gasteiger partial charge < -0.3 is 4.74 Å². The van der Waals surface area contributed by atoms with E-state index in [1.165, 1.54) is 6.92 Å². The molecule has 0 aliphatic rings. The number of nitro groups is 1. The highest BCUT2D eigenvalue weighted by atomic mass is 35.5. The summed E-state index contributed by atoms with van der Waals surface area (Å²) in [5, 5.41) is 10.0. The molecule has 0 radical (unpaired) electrons. The van der Waals surface area contributed by atoms with Crippen LogP contribution >= 0.6 is 11.6 Å². The number of hydrogen-bond donors (Lipinski definition) is 0. The lowest BCUT2D eigenvalue weighted by atomic mass is 10.2. The number of esters is 1. The van der Waals surface area contributed by atoms with Gasteiger partial charge in [-0.15, -0.1) is 0 Å². The van der Waals surface area contributed by atoms with E-state index < -0.39 is 22.3 Å². The van der Waals surface area contributed by atoms with Crippen LogP contribution in [0.2, 0.25) is 0 Å². The van der Waals surface area contributed by atoms with Crippen LogP contribution in [-0.4, -0.2) is 28.9 Å². The lowest BCUT2D eigenvalue weighted by molar-refractivity contribution is -0.482. The third-order valence-electron chi connectivity index (χ3n) is 1.13. The fraction of sp³-hybridized carbons (Fsp3) is 0.833. The molecule has 70 valence electrons. The zero-order chi connectivity index (χ0) is 9.78. The Balaban J connectivity index is 4.18. The number of halogens is 1. The van der Waals surface area contributed by atoms with E-state index in [9.17, 15) is 14.9 Å². The van der Waals surface area contributed by atoms with E-state index in [2.05, 4.69) is 4.74 Å². The van der Waals surface area contributed by atoms with Crippen LogP contribution in [0.25, 0.3) is 0 Å². The second-order valence-electron chi connectivity index (χ2n) is 2.41. The molecule has 0 saturated carbocycles. The van der Waals surface area contributed by atoms with E-state index in [0.717, 1.165) is 0 Å². The summed E-state index contributed by atoms with van der Waals surface area (Å²) in [4.78, 5) is 18.8. The predicted octanol–water partition coefficient (Wildman–Crippen LogP) is 0.824. The quantitative estimate of drug-likeness (QED) is 0.288. The molecule has 0 saturated heterocycles. The topological polar surface area (TPSA) is 69.4 Å². The Morgan fingerprint density at radius 3 is 2.58 bits per heavy atom. The van der Waals surface area contributed by atoms with Crippen molar-refractivity contribution in [2.75, 3.05) is 13.2 Å². The van der Waals surface area contributed by atoms with Gasteiger partial charge in [0.15, 0.2) is 0 Å². The maximum Gasteiger partial charge on any atom is 0.333 e. The van der Waals surface area contributed by atoms with Crippen molar-refractivity contribution in [3.8, 4) is 0 Å². The zero-order valence-corrected chi connectivity index (χ0v) is 7.63. The molecule has 5 nitrogen and oxygen atoms in total. The minimum atomic E-state index is -1.56. The van der Waals surface area contributed by atoms with Crippen LogP contribution in [0.15, 0.2) is 0 Å². The Morgan fingerprint density at radius 2 is 2.25 bits per heavy atom. The minimum Gasteiger partial charge on any atom is -0.464 e. The molecule has 0 fully saturated rings. The second kappa shape index (κ2) is 4.25. The zero-order valence-electron chi connectivity index (χ0n) is 6.87. The van der Waals surface area contributed by atoms with Crippen molar-refractivity contribution in [3.05, 3.63) is 10.1 Å². The van der Waals surface area contributed by atoms with Gasteiger partial charge in [-0.05, 0) is 13.8 Å². The summed E-state index contributed by atoms with van der Waals surface area (Å²) in [5.74, 6) is -0.761. The minimum absolute atomic E-state index is 0.166. The first-order valence-electron chi connectivity index (χ1n) is 3.38. The van der Waals surface area contributed by atoms with Gasteiger partial charge in [0, 0.05) is 4.92 Å². The molecule has 0 rings (SSSR count). The number of carbonyl (C=O) groups excluding carboxylic acids is 1. The fourth-order valence-corrected chi connectivity index (χ4v) is 0.741. The lowest BCUT2D eigenvalue weighted by Gasteiger charge is -2.14. The van der Waals surface area contributed by atoms with Gasteiger partial charge in [0.2, 0.25) is 11.4 Å². The van der Waals surface area contributed by atoms with E-state index in [0.29, 0.717) is 0 Å². The van der Waals surface area contributed by atoms with Crippen molar-refractivity contribution in [1.82, 2.24) is 0 Å². The summed E-state index contributed by atoms with van der Waals surface area (Å²) >= 11 is 5.54. The van der Waals surface area contributed by atoms with E-state index in [-0.39, 0.29) is 6.61 Å². The number of ether oxygens (including phenoxy) is 1. The van der Waals surface area contributed by atoms with Crippen molar-refractivity contribution in [2.45, 2.75) is 18.7 Å². The van der Waals surface area contributed by atoms with Gasteiger partial charge in [-0.1, -0.05) is 11.6 Å². The van der Waals surface area contributed by atoms with E-state index in [1.54, 1.807) is 6.92 Å². The first-order chi connectivity index (χ1) is 5.40. The average molecular weight is 196 g/mol. The first-order valence-corrected chi connectivity index (χ1v) is 3.76. The Labute approximate surface area is 74.8 Å². The fourth-order valence-electron chi connectivity index (χ4n) is 0.589. The summed E-state index contributed by atoms with van der Waals surface area (Å²) in [7, 11) is 0. The van der Waals surface area contributed by atoms with Crippen LogP contribution in [0.4, 0.5) is 0 Å². The molecule has 0 aliphatic carbocycles. The number of nitrogens with zero attached hydrogens (tertiary/aromatic N) is 1. The highest BCUT2D eigenvalue weighted by molar-refractivity contribution is 6.33. The van der Waals surface area contributed by atoms with E-state index in [4.69, 9.17) is 11.6 Å². The normalized spacial score (nSPS) is 14.9. The van der Waals surface area contributed by atoms with Gasteiger partial charge in [-0.3, -0.25) is 10.1 Å². The van der Waals surface area contributed by atoms with Gasteiger partial charge in [0.1, 0.15) is 0 Å². The van der Waals surface area contributed by atoms with Crippen molar-refractivity contribution in [3.63, 3.8) is 0 Å². The highest BCUT2D eigenvalue weighted by Crippen LogP contribution is 2.16. The maximum absolute atomic E-state index is 10.9. The first kappa shape index (κ1) is 11.2. The van der Waals surface area contributed by atoms with E-state index >= 15 is 0 Å². The Kier molecular flexibility index (Phi) is 3.95. The van der Waals surface area contributed by atoms with E-state index in [1.807, 2.05) is 0 Å². The van der Waals surface area contributed by atoms with Crippen LogP contribution in [0.3, 0.4) is 0 Å². The molecular weight excluding hydrogens is 186 g/mol. The third-order valence-corrected chi connectivity index (χ3v) is 1.40. The van der Waals surface area contributed by atoms with Crippen molar-refractivity contribution >= 4 is 17.6 Å². The highest BCUT2D eigenvalue weighted by Gasteiger charge is 2.37. The van der Waals surface area contributed by atoms with Crippen LogP contribution in [0.1, 0.15) is 13.8 Å². The molecule has 1 atom stereocenters. The monoisotopic (exact) mass is 195 g/mol. The maximum atomic E-state index is 10.9. The third kappa shape index (κ3) is 3.52. The molecule has 0 amide bonds. The van der Waals surface area contributed by atoms with Crippen LogP contribution in [0.5, 0.6) is 0 Å². The Hall–Kier alpha value is -0.840. The molecular formula is C6H10ClNO4. The summed E-state index contributed by atoms with van der Waals surface area (Å²) in [6, 6.07) is 0. The molecule has 0 aromatic carbocycles. The van der Waals surface area contributed by atoms with Crippen LogP contribution in [-0.2, 0) is 9.53 Å². The average Bonchev–Trinajstić information content (AvgIpc) is 1.85. The van der Waals surface area contributed by atoms with Gasteiger partial charge >= 0.3 is 5.97 Å². The number of alkyl halides is 1. The Bertz CT molecular complexity index is 192. The summed E-state index contributed by atoms with van der Waals surface area (Å²) in [5.41, 5.74) is 0. The van der Waals surface area contributed by atoms with Crippen LogP contribution in [0, 0.1) is 10.1 Å². The predicted molar refractivity (Wildman–Crippen MR) is 42.8 cm³/mol. The summed E-state index contributed by atoms with van der Waals surface area (Å²) in [6.45, 7) is 2.40. The lowest BCUT2D eigenvalue weighted by Crippen LogP contribution is -2.38. The van der Waals surface area contributed by atoms with Crippen LogP contribution < -0.4 is 0 Å². The number of carbonyl (C=O) groups is 1. The molecule has 0 aromatic heterocycles. The Morgan fingerprint density at radius 1 is 1.75 bits per heavy atom. The van der Waals surface area contributed by atoms with Crippen molar-refractivity contribution in [1.29, 1.82) is 0 Å². The number of rotatable bonds is 4. The van der Waals surface area contributed by atoms with Gasteiger partial charge in [0.05, 0.1) is 6.61 Å². The van der Waals surface area contributed by atoms with Crippen molar-refractivity contribution < 1.29 is 14.5 Å². The summed E-state index contributed by atoms with van der Waals surface area (Å²) in [6.07, 6.45) is 0. The molecule has 1 unspecified atom stereocenters. The standard InChI is InChI=1S/C6H10ClNO4/c1-3-12-5(9)6(2,7)4-8(10)11/h3-4H2,1-2H3. The largest absolute Gasteiger partial charge is 0.464 e.